The van der Waals surface area contributed by atoms with Gasteiger partial charge in [-0.3, -0.25) is 9.89 Å². The minimum Gasteiger partial charge on any atom is -0.310 e. The Kier molecular flexibility index (Phi) is 2.06. The van der Waals surface area contributed by atoms with Crippen molar-refractivity contribution in [1.82, 2.24) is 20.8 Å². The van der Waals surface area contributed by atoms with Gasteiger partial charge < -0.3 is 10.6 Å². The van der Waals surface area contributed by atoms with E-state index in [0.717, 1.165) is 23.9 Å². The van der Waals surface area contributed by atoms with Gasteiger partial charge in [-0.15, -0.1) is 0 Å². The Morgan fingerprint density at radius 3 is 3.00 bits per heavy atom. The summed E-state index contributed by atoms with van der Waals surface area (Å²) < 4.78 is 0. The number of para-hydroxylation sites is 1. The third kappa shape index (κ3) is 1.34. The van der Waals surface area contributed by atoms with E-state index in [4.69, 9.17) is 0 Å². The van der Waals surface area contributed by atoms with Crippen molar-refractivity contribution in [2.45, 2.75) is 24.5 Å². The maximum Gasteiger partial charge on any atom is 0.202 e. The summed E-state index contributed by atoms with van der Waals surface area (Å²) in [5.41, 5.74) is 1.47. The summed E-state index contributed by atoms with van der Waals surface area (Å²) >= 11 is 0. The Bertz CT molecular complexity index is 620. The fourth-order valence-corrected chi connectivity index (χ4v) is 3.07. The molecular weight excluding hydrogens is 228 g/mol. The van der Waals surface area contributed by atoms with Crippen LogP contribution in [0.1, 0.15) is 16.9 Å². The predicted octanol–water partition coefficient (Wildman–Crippen LogP) is 0.448. The molecule has 2 saturated heterocycles. The van der Waals surface area contributed by atoms with E-state index >= 15 is 0 Å². The van der Waals surface area contributed by atoms with Gasteiger partial charge in [-0.1, -0.05) is 18.2 Å². The molecule has 2 fully saturated rings. The SMILES string of the molecule is O=C(c1n[nH]c2ccccc12)C1N[C@H]2CN[C@H]1C2. The van der Waals surface area contributed by atoms with Crippen LogP contribution in [-0.4, -0.2) is 40.7 Å². The number of carbonyl (C=O) groups excluding carboxylic acids is 1. The highest BCUT2D eigenvalue weighted by atomic mass is 16.1. The zero-order valence-corrected chi connectivity index (χ0v) is 9.81. The summed E-state index contributed by atoms with van der Waals surface area (Å²) in [7, 11) is 0. The number of aromatic amines is 1. The first kappa shape index (κ1) is 10.2. The average molecular weight is 242 g/mol. The third-order valence-electron chi connectivity index (χ3n) is 3.97. The van der Waals surface area contributed by atoms with Crippen molar-refractivity contribution in [3.05, 3.63) is 30.0 Å². The molecule has 1 aromatic heterocycles. The van der Waals surface area contributed by atoms with Crippen molar-refractivity contribution in [2.75, 3.05) is 6.54 Å². The van der Waals surface area contributed by atoms with Crippen molar-refractivity contribution >= 4 is 16.7 Å². The number of nitrogens with zero attached hydrogens (tertiary/aromatic N) is 1. The molecule has 3 heterocycles. The molecule has 2 aliphatic heterocycles. The van der Waals surface area contributed by atoms with Crippen molar-refractivity contribution in [3.63, 3.8) is 0 Å². The first-order chi connectivity index (χ1) is 8.83. The highest BCUT2D eigenvalue weighted by Crippen LogP contribution is 2.24. The van der Waals surface area contributed by atoms with Crippen LogP contribution in [0.15, 0.2) is 24.3 Å². The predicted molar refractivity (Wildman–Crippen MR) is 67.5 cm³/mol. The van der Waals surface area contributed by atoms with Crippen molar-refractivity contribution in [1.29, 1.82) is 0 Å². The highest BCUT2D eigenvalue weighted by molar-refractivity contribution is 6.09. The minimum absolute atomic E-state index is 0.0900. The van der Waals surface area contributed by atoms with Crippen LogP contribution in [0, 0.1) is 0 Å². The second kappa shape index (κ2) is 3.63. The van der Waals surface area contributed by atoms with Gasteiger partial charge in [0.05, 0.1) is 11.6 Å². The Balaban J connectivity index is 1.72. The van der Waals surface area contributed by atoms with Gasteiger partial charge >= 0.3 is 0 Å². The smallest absolute Gasteiger partial charge is 0.202 e. The number of rotatable bonds is 2. The highest BCUT2D eigenvalue weighted by Gasteiger charge is 2.43. The van der Waals surface area contributed by atoms with Gasteiger partial charge in [0.2, 0.25) is 5.78 Å². The average Bonchev–Trinajstić information content (AvgIpc) is 3.12. The molecule has 0 radical (unpaired) electrons. The molecule has 92 valence electrons. The van der Waals surface area contributed by atoms with E-state index in [-0.39, 0.29) is 17.9 Å². The summed E-state index contributed by atoms with van der Waals surface area (Å²) in [6, 6.07) is 8.31. The Morgan fingerprint density at radius 2 is 2.22 bits per heavy atom. The monoisotopic (exact) mass is 242 g/mol. The van der Waals surface area contributed by atoms with Crippen LogP contribution in [0.2, 0.25) is 0 Å². The molecule has 1 aromatic carbocycles. The fourth-order valence-electron chi connectivity index (χ4n) is 3.07. The second-order valence-corrected chi connectivity index (χ2v) is 5.07. The maximum absolute atomic E-state index is 12.5. The van der Waals surface area contributed by atoms with Crippen LogP contribution in [0.4, 0.5) is 0 Å². The van der Waals surface area contributed by atoms with E-state index in [1.807, 2.05) is 24.3 Å². The van der Waals surface area contributed by atoms with Gasteiger partial charge in [0, 0.05) is 24.0 Å². The number of Topliss-reactive ketones (excluding diaryl/α,β-unsaturated/α-hetero) is 1. The largest absolute Gasteiger partial charge is 0.310 e. The topological polar surface area (TPSA) is 69.8 Å². The van der Waals surface area contributed by atoms with E-state index in [1.165, 1.54) is 0 Å². The van der Waals surface area contributed by atoms with Gasteiger partial charge in [-0.2, -0.15) is 5.10 Å². The third-order valence-corrected chi connectivity index (χ3v) is 3.97. The number of nitrogens with one attached hydrogen (secondary N) is 3. The van der Waals surface area contributed by atoms with Crippen LogP contribution in [0.3, 0.4) is 0 Å². The lowest BCUT2D eigenvalue weighted by molar-refractivity contribution is 0.0927. The standard InChI is InChI=1S/C13H14N4O/c18-13(12-10-5-7(15-12)6-14-10)11-8-3-1-2-4-9(8)16-17-11/h1-4,7,10,12,14-15H,5-6H2,(H,16,17)/t7-,10+,12?/m1/s1. The molecule has 0 saturated carbocycles. The number of H-pyrrole nitrogens is 1. The Labute approximate surface area is 104 Å². The molecule has 2 aromatic rings. The van der Waals surface area contributed by atoms with E-state index in [0.29, 0.717) is 11.7 Å². The van der Waals surface area contributed by atoms with Crippen molar-refractivity contribution < 1.29 is 4.79 Å². The molecule has 18 heavy (non-hydrogen) atoms. The summed E-state index contributed by atoms with van der Waals surface area (Å²) in [5.74, 6) is 0.0900. The van der Waals surface area contributed by atoms with Crippen LogP contribution < -0.4 is 10.6 Å². The molecule has 0 amide bonds. The number of fused-ring (bicyclic) bond motifs is 3. The van der Waals surface area contributed by atoms with E-state index in [9.17, 15) is 4.79 Å². The summed E-state index contributed by atoms with van der Waals surface area (Å²) in [6.07, 6.45) is 1.04. The number of piperazine rings is 1. The summed E-state index contributed by atoms with van der Waals surface area (Å²) in [4.78, 5) is 12.5. The van der Waals surface area contributed by atoms with Gasteiger partial charge in [-0.25, -0.2) is 0 Å². The van der Waals surface area contributed by atoms with Crippen LogP contribution in [0.5, 0.6) is 0 Å². The molecule has 4 rings (SSSR count). The molecule has 3 atom stereocenters. The van der Waals surface area contributed by atoms with E-state index < -0.39 is 0 Å². The van der Waals surface area contributed by atoms with E-state index in [2.05, 4.69) is 20.8 Å². The van der Waals surface area contributed by atoms with Gasteiger partial charge in [-0.05, 0) is 12.5 Å². The van der Waals surface area contributed by atoms with Crippen molar-refractivity contribution in [2.24, 2.45) is 0 Å². The van der Waals surface area contributed by atoms with Crippen LogP contribution in [-0.2, 0) is 0 Å². The first-order valence-electron chi connectivity index (χ1n) is 6.30. The quantitative estimate of drug-likeness (QED) is 0.669. The van der Waals surface area contributed by atoms with E-state index in [1.54, 1.807) is 0 Å². The molecule has 0 aliphatic carbocycles. The number of aromatic nitrogens is 2. The normalized spacial score (nSPS) is 30.1. The second-order valence-electron chi connectivity index (χ2n) is 5.07. The molecule has 0 spiro atoms. The number of ketones is 1. The number of carbonyl (C=O) groups is 1. The molecule has 2 bridgehead atoms. The first-order valence-corrected chi connectivity index (χ1v) is 6.30. The number of hydrogen-bond acceptors (Lipinski definition) is 4. The van der Waals surface area contributed by atoms with Gasteiger partial charge in [0.1, 0.15) is 5.69 Å². The Hall–Kier alpha value is -1.72. The molecule has 5 heteroatoms. The zero-order chi connectivity index (χ0) is 12.1. The van der Waals surface area contributed by atoms with Gasteiger partial charge in [0.25, 0.3) is 0 Å². The molecule has 3 N–H and O–H groups in total. The molecule has 5 nitrogen and oxygen atoms in total. The minimum atomic E-state index is -0.129. The number of benzene rings is 1. The van der Waals surface area contributed by atoms with Gasteiger partial charge in [0.15, 0.2) is 0 Å². The van der Waals surface area contributed by atoms with Crippen molar-refractivity contribution in [3.8, 4) is 0 Å². The summed E-state index contributed by atoms with van der Waals surface area (Å²) in [5, 5.41) is 14.8. The fraction of sp³-hybridized carbons (Fsp3) is 0.385. The number of hydrogen-bond donors (Lipinski definition) is 3. The van der Waals surface area contributed by atoms with Crippen LogP contribution >= 0.6 is 0 Å². The molecule has 1 unspecified atom stereocenters. The Morgan fingerprint density at radius 1 is 1.33 bits per heavy atom. The maximum atomic E-state index is 12.5. The lowest BCUT2D eigenvalue weighted by Crippen LogP contribution is -2.52. The van der Waals surface area contributed by atoms with Crippen LogP contribution in [0.25, 0.3) is 10.9 Å². The molecular formula is C13H14N4O. The molecule has 2 aliphatic rings. The summed E-state index contributed by atoms with van der Waals surface area (Å²) in [6.45, 7) is 0.968. The lowest BCUT2D eigenvalue weighted by Gasteiger charge is -2.22. The zero-order valence-electron chi connectivity index (χ0n) is 9.81. The lowest BCUT2D eigenvalue weighted by atomic mass is 10.0.